The lowest BCUT2D eigenvalue weighted by Crippen LogP contribution is -2.21. The summed E-state index contributed by atoms with van der Waals surface area (Å²) in [6.45, 7) is 3.71. The summed E-state index contributed by atoms with van der Waals surface area (Å²) in [7, 11) is 3.25. The van der Waals surface area contributed by atoms with Crippen molar-refractivity contribution in [2.24, 2.45) is 0 Å². The van der Waals surface area contributed by atoms with Crippen LogP contribution in [0.25, 0.3) is 6.08 Å². The van der Waals surface area contributed by atoms with Crippen LogP contribution in [0.4, 0.5) is 5.00 Å². The number of esters is 1. The monoisotopic (exact) mass is 430 g/mol. The van der Waals surface area contributed by atoms with Gasteiger partial charge in [0, 0.05) is 20.2 Å². The molecule has 0 radical (unpaired) electrons. The highest BCUT2D eigenvalue weighted by Gasteiger charge is 2.27. The smallest absolute Gasteiger partial charge is 0.341 e. The van der Waals surface area contributed by atoms with Crippen LogP contribution < -0.4 is 14.8 Å². The van der Waals surface area contributed by atoms with E-state index in [-0.39, 0.29) is 29.9 Å². The molecule has 8 nitrogen and oxygen atoms in total. The maximum absolute atomic E-state index is 12.5. The molecule has 1 aliphatic rings. The second-order valence-corrected chi connectivity index (χ2v) is 7.64. The molecule has 0 saturated heterocycles. The molecule has 2 aromatic rings. The Morgan fingerprint density at radius 1 is 1.23 bits per heavy atom. The summed E-state index contributed by atoms with van der Waals surface area (Å²) in [4.78, 5) is 39.1. The first-order valence-electron chi connectivity index (χ1n) is 9.22. The minimum absolute atomic E-state index is 0.172. The molecule has 1 aromatic carbocycles. The van der Waals surface area contributed by atoms with Crippen molar-refractivity contribution < 1.29 is 28.6 Å². The average molecular weight is 430 g/mol. The molecule has 30 heavy (non-hydrogen) atoms. The molecule has 0 saturated carbocycles. The Labute approximate surface area is 178 Å². The zero-order valence-electron chi connectivity index (χ0n) is 17.1. The summed E-state index contributed by atoms with van der Waals surface area (Å²) in [5.74, 6) is -0.00687. The van der Waals surface area contributed by atoms with Gasteiger partial charge in [0.05, 0.1) is 17.0 Å². The Hall–Kier alpha value is -3.33. The van der Waals surface area contributed by atoms with Gasteiger partial charge in [0.1, 0.15) is 5.00 Å². The summed E-state index contributed by atoms with van der Waals surface area (Å²) < 4.78 is 15.7. The van der Waals surface area contributed by atoms with Crippen LogP contribution >= 0.6 is 11.3 Å². The number of benzene rings is 1. The molecule has 2 amide bonds. The van der Waals surface area contributed by atoms with Crippen molar-refractivity contribution in [2.45, 2.75) is 13.8 Å². The van der Waals surface area contributed by atoms with E-state index >= 15 is 0 Å². The van der Waals surface area contributed by atoms with E-state index in [2.05, 4.69) is 5.32 Å². The van der Waals surface area contributed by atoms with E-state index in [1.54, 1.807) is 52.2 Å². The van der Waals surface area contributed by atoms with Crippen molar-refractivity contribution in [3.63, 3.8) is 0 Å². The second-order valence-electron chi connectivity index (χ2n) is 6.62. The molecule has 0 atom stereocenters. The summed E-state index contributed by atoms with van der Waals surface area (Å²) in [5.41, 5.74) is 1.43. The number of anilines is 1. The van der Waals surface area contributed by atoms with Gasteiger partial charge in [-0.15, -0.1) is 11.3 Å². The minimum Gasteiger partial charge on any atom is -0.462 e. The number of thiophene rings is 1. The number of fused-ring (bicyclic) bond motifs is 1. The molecular formula is C21H22N2O6S. The van der Waals surface area contributed by atoms with Crippen molar-refractivity contribution in [1.29, 1.82) is 0 Å². The van der Waals surface area contributed by atoms with Gasteiger partial charge in [0.2, 0.25) is 12.7 Å². The third-order valence-electron chi connectivity index (χ3n) is 4.29. The summed E-state index contributed by atoms with van der Waals surface area (Å²) in [5, 5.41) is 2.97. The van der Waals surface area contributed by atoms with Crippen LogP contribution in [0, 0.1) is 6.92 Å². The highest BCUT2D eigenvalue weighted by molar-refractivity contribution is 7.18. The predicted octanol–water partition coefficient (Wildman–Crippen LogP) is 3.32. The zero-order chi connectivity index (χ0) is 21.8. The summed E-state index contributed by atoms with van der Waals surface area (Å²) in [6.07, 6.45) is 2.96. The van der Waals surface area contributed by atoms with E-state index < -0.39 is 11.9 Å². The van der Waals surface area contributed by atoms with E-state index in [1.165, 1.54) is 11.0 Å². The van der Waals surface area contributed by atoms with Crippen LogP contribution in [0.1, 0.15) is 38.1 Å². The van der Waals surface area contributed by atoms with E-state index in [1.807, 2.05) is 0 Å². The van der Waals surface area contributed by atoms with E-state index in [4.69, 9.17) is 14.2 Å². The van der Waals surface area contributed by atoms with Gasteiger partial charge in [-0.05, 0) is 43.2 Å². The Morgan fingerprint density at radius 3 is 2.67 bits per heavy atom. The first-order valence-corrected chi connectivity index (χ1v) is 10.0. The minimum atomic E-state index is -0.584. The molecule has 0 bridgehead atoms. The molecule has 1 aromatic heterocycles. The lowest BCUT2D eigenvalue weighted by Gasteiger charge is -2.09. The number of hydrogen-bond acceptors (Lipinski definition) is 7. The highest BCUT2D eigenvalue weighted by atomic mass is 32.1. The molecule has 1 aliphatic heterocycles. The van der Waals surface area contributed by atoms with Crippen LogP contribution in [0.5, 0.6) is 11.5 Å². The maximum Gasteiger partial charge on any atom is 0.341 e. The quantitative estimate of drug-likeness (QED) is 0.558. The largest absolute Gasteiger partial charge is 0.462 e. The maximum atomic E-state index is 12.5. The average Bonchev–Trinajstić information content (AvgIpc) is 3.29. The summed E-state index contributed by atoms with van der Waals surface area (Å²) in [6, 6.07) is 5.32. The third-order valence-corrected chi connectivity index (χ3v) is 5.48. The SMILES string of the molecule is CCOC(=O)c1c(NC(=O)C=Cc2ccc3c(c2)OCO3)sc(C(=O)N(C)C)c1C. The van der Waals surface area contributed by atoms with E-state index in [9.17, 15) is 14.4 Å². The van der Waals surface area contributed by atoms with Crippen LogP contribution in [0.15, 0.2) is 24.3 Å². The van der Waals surface area contributed by atoms with Crippen LogP contribution in [0.3, 0.4) is 0 Å². The van der Waals surface area contributed by atoms with Crippen molar-refractivity contribution >= 4 is 40.2 Å². The number of rotatable bonds is 6. The summed E-state index contributed by atoms with van der Waals surface area (Å²) >= 11 is 1.05. The van der Waals surface area contributed by atoms with Crippen molar-refractivity contribution in [2.75, 3.05) is 32.8 Å². The van der Waals surface area contributed by atoms with Gasteiger partial charge >= 0.3 is 5.97 Å². The normalized spacial score (nSPS) is 12.1. The lowest BCUT2D eigenvalue weighted by molar-refractivity contribution is -0.111. The number of carbonyl (C=O) groups is 3. The molecule has 0 fully saturated rings. The van der Waals surface area contributed by atoms with Crippen molar-refractivity contribution in [1.82, 2.24) is 4.90 Å². The number of ether oxygens (including phenoxy) is 3. The second kappa shape index (κ2) is 9.00. The van der Waals surface area contributed by atoms with Crippen LogP contribution in [-0.2, 0) is 9.53 Å². The van der Waals surface area contributed by atoms with Gasteiger partial charge in [-0.25, -0.2) is 4.79 Å². The topological polar surface area (TPSA) is 94.2 Å². The molecule has 0 spiro atoms. The van der Waals surface area contributed by atoms with Crippen LogP contribution in [0.2, 0.25) is 0 Å². The lowest BCUT2D eigenvalue weighted by atomic mass is 10.1. The Kier molecular flexibility index (Phi) is 6.41. The molecule has 3 rings (SSSR count). The number of carbonyl (C=O) groups excluding carboxylic acids is 3. The first-order chi connectivity index (χ1) is 14.3. The number of amides is 2. The third kappa shape index (κ3) is 4.46. The zero-order valence-corrected chi connectivity index (χ0v) is 17.9. The van der Waals surface area contributed by atoms with Gasteiger partial charge in [0.15, 0.2) is 11.5 Å². The fraction of sp³-hybridized carbons (Fsp3) is 0.286. The van der Waals surface area contributed by atoms with Gasteiger partial charge in [-0.3, -0.25) is 9.59 Å². The molecule has 158 valence electrons. The van der Waals surface area contributed by atoms with Gasteiger partial charge in [-0.2, -0.15) is 0 Å². The Balaban J connectivity index is 1.83. The fourth-order valence-corrected chi connectivity index (χ4v) is 4.02. The van der Waals surface area contributed by atoms with Gasteiger partial charge in [0.25, 0.3) is 5.91 Å². The number of nitrogens with one attached hydrogen (secondary N) is 1. The van der Waals surface area contributed by atoms with Crippen molar-refractivity contribution in [3.8, 4) is 11.5 Å². The predicted molar refractivity (Wildman–Crippen MR) is 113 cm³/mol. The van der Waals surface area contributed by atoms with E-state index in [0.29, 0.717) is 21.9 Å². The molecule has 1 N–H and O–H groups in total. The van der Waals surface area contributed by atoms with Crippen LogP contribution in [-0.4, -0.2) is 50.2 Å². The fourth-order valence-electron chi connectivity index (χ4n) is 2.80. The Morgan fingerprint density at radius 2 is 1.97 bits per heavy atom. The van der Waals surface area contributed by atoms with Gasteiger partial charge < -0.3 is 24.4 Å². The first kappa shape index (κ1) is 21.4. The standard InChI is InChI=1S/C21H22N2O6S/c1-5-27-21(26)17-12(2)18(20(25)23(3)4)30-19(17)22-16(24)9-7-13-6-8-14-15(10-13)29-11-28-14/h6-10H,5,11H2,1-4H3,(H,22,24). The molecular weight excluding hydrogens is 408 g/mol. The number of hydrogen-bond donors (Lipinski definition) is 1. The van der Waals surface area contributed by atoms with Gasteiger partial charge in [-0.1, -0.05) is 6.07 Å². The molecule has 2 heterocycles. The molecule has 0 unspecified atom stereocenters. The van der Waals surface area contributed by atoms with E-state index in [0.717, 1.165) is 16.9 Å². The molecule has 0 aliphatic carbocycles. The Bertz CT molecular complexity index is 1020. The number of nitrogens with zero attached hydrogens (tertiary/aromatic N) is 1. The highest BCUT2D eigenvalue weighted by Crippen LogP contribution is 2.35. The van der Waals surface area contributed by atoms with Crippen molar-refractivity contribution in [3.05, 3.63) is 45.8 Å². The molecule has 9 heteroatoms.